The number of nitrogens with zero attached hydrogens (tertiary/aromatic N) is 2. The van der Waals surface area contributed by atoms with E-state index in [0.717, 1.165) is 0 Å². The summed E-state index contributed by atoms with van der Waals surface area (Å²) in [6.45, 7) is 0. The largest absolute Gasteiger partial charge is 0.309 e. The summed E-state index contributed by atoms with van der Waals surface area (Å²) < 4.78 is 10.3. The molecule has 9 aromatic carbocycles. The number of hydrogen-bond donors (Lipinski definition) is 0. The van der Waals surface area contributed by atoms with Crippen LogP contribution in [0.15, 0.2) is 170 Å². The molecule has 0 unspecified atom stereocenters. The quantitative estimate of drug-likeness (QED) is 0.157. The van der Waals surface area contributed by atoms with Gasteiger partial charge in [0.25, 0.3) is 0 Å². The molecule has 2 nitrogen and oxygen atoms in total. The Balaban J connectivity index is 1.00. The molecular weight excluding hydrogens is 693 g/mol. The van der Waals surface area contributed by atoms with Gasteiger partial charge in [-0.05, 0) is 106 Å². The molecule has 4 aromatic heterocycles. The van der Waals surface area contributed by atoms with E-state index in [0.29, 0.717) is 0 Å². The maximum absolute atomic E-state index is 2.46. The Hall–Kier alpha value is -6.46. The number of fused-ring (bicyclic) bond motifs is 16. The van der Waals surface area contributed by atoms with E-state index in [1.54, 1.807) is 0 Å². The van der Waals surface area contributed by atoms with Gasteiger partial charge in [0, 0.05) is 73.3 Å². The van der Waals surface area contributed by atoms with Crippen molar-refractivity contribution in [3.05, 3.63) is 170 Å². The van der Waals surface area contributed by atoms with Crippen LogP contribution in [0, 0.1) is 0 Å². The lowest BCUT2D eigenvalue weighted by atomic mass is 10.0. The van der Waals surface area contributed by atoms with Gasteiger partial charge < -0.3 is 9.13 Å². The molecule has 0 aliphatic rings. The van der Waals surface area contributed by atoms with Crippen LogP contribution in [-0.4, -0.2) is 9.13 Å². The molecule has 0 N–H and O–H groups in total. The molecule has 0 saturated heterocycles. The highest BCUT2D eigenvalue weighted by molar-refractivity contribution is 7.26. The minimum Gasteiger partial charge on any atom is -0.309 e. The summed E-state index contributed by atoms with van der Waals surface area (Å²) in [5.74, 6) is 0. The molecule has 0 radical (unpaired) electrons. The fourth-order valence-electron chi connectivity index (χ4n) is 9.36. The highest BCUT2D eigenvalue weighted by Crippen LogP contribution is 2.45. The molecule has 250 valence electrons. The van der Waals surface area contributed by atoms with Crippen molar-refractivity contribution in [2.45, 2.75) is 0 Å². The van der Waals surface area contributed by atoms with Crippen LogP contribution in [-0.2, 0) is 0 Å². The summed E-state index contributed by atoms with van der Waals surface area (Å²) in [4.78, 5) is 0. The van der Waals surface area contributed by atoms with Gasteiger partial charge in [-0.25, -0.2) is 0 Å². The topological polar surface area (TPSA) is 9.86 Å². The van der Waals surface area contributed by atoms with Crippen molar-refractivity contribution in [1.29, 1.82) is 0 Å². The molecule has 54 heavy (non-hydrogen) atoms. The van der Waals surface area contributed by atoms with E-state index in [-0.39, 0.29) is 0 Å². The average molecular weight is 721 g/mol. The van der Waals surface area contributed by atoms with Crippen molar-refractivity contribution in [3.63, 3.8) is 0 Å². The number of benzene rings is 9. The van der Waals surface area contributed by atoms with Crippen molar-refractivity contribution in [2.24, 2.45) is 0 Å². The number of para-hydroxylation sites is 2. The summed E-state index contributed by atoms with van der Waals surface area (Å²) in [5.41, 5.74) is 7.33. The van der Waals surface area contributed by atoms with Crippen LogP contribution in [0.2, 0.25) is 0 Å². The van der Waals surface area contributed by atoms with Gasteiger partial charge in [0.05, 0.1) is 22.1 Å². The smallest absolute Gasteiger partial charge is 0.0548 e. The van der Waals surface area contributed by atoms with Gasteiger partial charge in [0.1, 0.15) is 0 Å². The lowest BCUT2D eigenvalue weighted by molar-refractivity contribution is 1.19. The Bertz CT molecular complexity index is 3490. The minimum atomic E-state index is 1.18. The first-order valence-electron chi connectivity index (χ1n) is 18.4. The Labute approximate surface area is 316 Å². The third-order valence-corrected chi connectivity index (χ3v) is 13.9. The highest BCUT2D eigenvalue weighted by Gasteiger charge is 2.20. The van der Waals surface area contributed by atoms with E-state index in [2.05, 4.69) is 179 Å². The Morgan fingerprint density at radius 2 is 0.704 bits per heavy atom. The molecule has 13 rings (SSSR count). The zero-order chi connectivity index (χ0) is 35.1. The van der Waals surface area contributed by atoms with Crippen molar-refractivity contribution < 1.29 is 0 Å². The zero-order valence-electron chi connectivity index (χ0n) is 28.9. The fraction of sp³-hybridized carbons (Fsp3) is 0. The molecule has 0 amide bonds. The summed E-state index contributed by atoms with van der Waals surface area (Å²) >= 11 is 3.77. The van der Waals surface area contributed by atoms with Crippen LogP contribution in [0.25, 0.3) is 117 Å². The number of hydrogen-bond acceptors (Lipinski definition) is 2. The van der Waals surface area contributed by atoms with Crippen LogP contribution in [0.4, 0.5) is 0 Å². The van der Waals surface area contributed by atoms with Gasteiger partial charge in [-0.1, -0.05) is 84.9 Å². The monoisotopic (exact) mass is 720 g/mol. The average Bonchev–Trinajstić information content (AvgIpc) is 3.97. The van der Waals surface area contributed by atoms with E-state index >= 15 is 0 Å². The normalized spacial score (nSPS) is 12.4. The van der Waals surface area contributed by atoms with E-state index in [9.17, 15) is 0 Å². The van der Waals surface area contributed by atoms with E-state index in [1.807, 2.05) is 22.7 Å². The van der Waals surface area contributed by atoms with Gasteiger partial charge in [-0.15, -0.1) is 22.7 Å². The first-order valence-corrected chi connectivity index (χ1v) is 20.1. The Kier molecular flexibility index (Phi) is 5.69. The fourth-order valence-corrected chi connectivity index (χ4v) is 11.6. The molecule has 4 heteroatoms. The van der Waals surface area contributed by atoms with Crippen LogP contribution >= 0.6 is 22.7 Å². The molecule has 13 aromatic rings. The minimum absolute atomic E-state index is 1.18. The SMILES string of the molecule is c1ccc2c(c1)sc1ccc3c(c4ccccc4n3-c3ccc4cc5cc(-n6c7ccccc7c7c8c(ccc76)sc6ccccc68)ccc5cc4c3)c12. The first kappa shape index (κ1) is 29.0. The van der Waals surface area contributed by atoms with E-state index < -0.39 is 0 Å². The maximum Gasteiger partial charge on any atom is 0.0548 e. The molecule has 0 saturated carbocycles. The molecule has 0 aliphatic carbocycles. The van der Waals surface area contributed by atoms with E-state index in [1.165, 1.54) is 117 Å². The molecule has 4 heterocycles. The van der Waals surface area contributed by atoms with Crippen molar-refractivity contribution in [3.8, 4) is 11.4 Å². The molecule has 0 fully saturated rings. The van der Waals surface area contributed by atoms with Gasteiger partial charge in [0.2, 0.25) is 0 Å². The van der Waals surface area contributed by atoms with Crippen LogP contribution in [0.5, 0.6) is 0 Å². The first-order chi connectivity index (χ1) is 26.8. The second-order valence-electron chi connectivity index (χ2n) is 14.5. The predicted molar refractivity (Wildman–Crippen MR) is 236 cm³/mol. The van der Waals surface area contributed by atoms with Gasteiger partial charge >= 0.3 is 0 Å². The van der Waals surface area contributed by atoms with Crippen LogP contribution < -0.4 is 0 Å². The summed E-state index contributed by atoms with van der Waals surface area (Å²) in [5, 5.41) is 15.6. The Morgan fingerprint density at radius 3 is 1.19 bits per heavy atom. The zero-order valence-corrected chi connectivity index (χ0v) is 30.5. The summed E-state index contributed by atoms with van der Waals surface area (Å²) in [7, 11) is 0. The van der Waals surface area contributed by atoms with Crippen molar-refractivity contribution in [1.82, 2.24) is 9.13 Å². The number of thiophene rings is 2. The molecule has 0 spiro atoms. The highest BCUT2D eigenvalue weighted by atomic mass is 32.1. The molecule has 0 atom stereocenters. The van der Waals surface area contributed by atoms with Crippen LogP contribution in [0.3, 0.4) is 0 Å². The number of aromatic nitrogens is 2. The molecule has 0 aliphatic heterocycles. The Morgan fingerprint density at radius 1 is 0.278 bits per heavy atom. The van der Waals surface area contributed by atoms with E-state index in [4.69, 9.17) is 0 Å². The van der Waals surface area contributed by atoms with Crippen molar-refractivity contribution in [2.75, 3.05) is 0 Å². The lowest BCUT2D eigenvalue weighted by Crippen LogP contribution is -1.95. The molecular formula is C50H28N2S2. The second kappa shape index (κ2) is 10.6. The molecule has 0 bridgehead atoms. The van der Waals surface area contributed by atoms with Crippen LogP contribution in [0.1, 0.15) is 0 Å². The summed E-state index contributed by atoms with van der Waals surface area (Å²) in [6.07, 6.45) is 0. The van der Waals surface area contributed by atoms with Gasteiger partial charge in [-0.3, -0.25) is 0 Å². The second-order valence-corrected chi connectivity index (χ2v) is 16.6. The predicted octanol–water partition coefficient (Wildman–Crippen LogP) is 14.9. The maximum atomic E-state index is 2.46. The van der Waals surface area contributed by atoms with Gasteiger partial charge in [-0.2, -0.15) is 0 Å². The summed E-state index contributed by atoms with van der Waals surface area (Å²) in [6, 6.07) is 63.3. The third kappa shape index (κ3) is 3.83. The third-order valence-electron chi connectivity index (χ3n) is 11.6. The standard InChI is InChI=1S/C50H28N2S2/c1-5-13-39-35(9-1)47-41(21-23-45-49(47)37-11-3-7-15-43(37)53-45)51(39)33-19-17-29-26-32-28-34(20-18-30(32)25-31(29)27-33)52-40-14-6-2-10-36(40)48-42(52)22-24-46-50(48)38-12-4-8-16-44(38)54-46/h1-28H. The van der Waals surface area contributed by atoms with Crippen molar-refractivity contribution >= 4 is 128 Å². The lowest BCUT2D eigenvalue weighted by Gasteiger charge is -2.12. The van der Waals surface area contributed by atoms with Gasteiger partial charge in [0.15, 0.2) is 0 Å². The number of rotatable bonds is 2.